The van der Waals surface area contributed by atoms with E-state index in [1.165, 1.54) is 6.08 Å². The third-order valence-corrected chi connectivity index (χ3v) is 3.90. The Bertz CT molecular complexity index is 358. The Balaban J connectivity index is 4.07. The first kappa shape index (κ1) is 19.8. The lowest BCUT2D eigenvalue weighted by atomic mass is 9.94. The topological polar surface area (TPSA) is 63.6 Å². The van der Waals surface area contributed by atoms with Gasteiger partial charge in [-0.2, -0.15) is 0 Å². The molecule has 0 aromatic heterocycles. The van der Waals surface area contributed by atoms with Gasteiger partial charge in [0.1, 0.15) is 5.92 Å². The molecule has 0 bridgehead atoms. The van der Waals surface area contributed by atoms with E-state index in [4.69, 9.17) is 9.84 Å². The molecule has 4 nitrogen and oxygen atoms in total. The largest absolute Gasteiger partial charge is 0.481 e. The Morgan fingerprint density at radius 3 is 2.43 bits per heavy atom. The van der Waals surface area contributed by atoms with Crippen LogP contribution in [0.25, 0.3) is 0 Å². The lowest BCUT2D eigenvalue weighted by Crippen LogP contribution is -2.22. The Morgan fingerprint density at radius 1 is 1.33 bits per heavy atom. The van der Waals surface area contributed by atoms with E-state index in [-0.39, 0.29) is 11.4 Å². The van der Waals surface area contributed by atoms with E-state index in [9.17, 15) is 9.59 Å². The molecule has 0 aromatic carbocycles. The van der Waals surface area contributed by atoms with Gasteiger partial charge in [-0.1, -0.05) is 32.8 Å². The summed E-state index contributed by atoms with van der Waals surface area (Å²) in [6, 6.07) is 0. The number of carbonyl (C=O) groups excluding carboxylic acids is 1. The molecule has 0 aliphatic carbocycles. The van der Waals surface area contributed by atoms with Crippen LogP contribution < -0.4 is 0 Å². The van der Waals surface area contributed by atoms with Gasteiger partial charge in [-0.3, -0.25) is 9.59 Å². The highest BCUT2D eigenvalue weighted by molar-refractivity contribution is 6.04. The molecule has 2 atom stereocenters. The molecular formula is C17H30O4. The predicted molar refractivity (Wildman–Crippen MR) is 84.3 cm³/mol. The average molecular weight is 298 g/mol. The van der Waals surface area contributed by atoms with Crippen molar-refractivity contribution in [1.29, 1.82) is 0 Å². The van der Waals surface area contributed by atoms with E-state index in [2.05, 4.69) is 20.8 Å². The minimum absolute atomic E-state index is 0.0820. The van der Waals surface area contributed by atoms with Crippen LogP contribution in [0.5, 0.6) is 0 Å². The van der Waals surface area contributed by atoms with Crippen LogP contribution in [0.15, 0.2) is 12.2 Å². The molecule has 0 fully saturated rings. The number of aliphatic carboxylic acids is 1. The van der Waals surface area contributed by atoms with Crippen molar-refractivity contribution >= 4 is 11.8 Å². The van der Waals surface area contributed by atoms with Crippen molar-refractivity contribution in [2.45, 2.75) is 65.4 Å². The van der Waals surface area contributed by atoms with Crippen LogP contribution in [-0.2, 0) is 14.3 Å². The molecule has 1 N–H and O–H groups in total. The third kappa shape index (κ3) is 8.66. The second-order valence-corrected chi connectivity index (χ2v) is 6.30. The highest BCUT2D eigenvalue weighted by atomic mass is 16.5. The monoisotopic (exact) mass is 298 g/mol. The summed E-state index contributed by atoms with van der Waals surface area (Å²) in [7, 11) is 1.73. The van der Waals surface area contributed by atoms with Crippen LogP contribution in [0.1, 0.15) is 59.8 Å². The van der Waals surface area contributed by atoms with Gasteiger partial charge in [0.15, 0.2) is 5.78 Å². The number of ether oxygens (including phenoxy) is 1. The van der Waals surface area contributed by atoms with Crippen LogP contribution in [0.4, 0.5) is 0 Å². The second kappa shape index (κ2) is 9.72. The Hall–Kier alpha value is -1.16. The fraction of sp³-hybridized carbons (Fsp3) is 0.765. The molecule has 0 rings (SSSR count). The minimum Gasteiger partial charge on any atom is -0.481 e. The summed E-state index contributed by atoms with van der Waals surface area (Å²) in [5.74, 6) is -1.77. The Labute approximate surface area is 128 Å². The molecule has 0 aliphatic heterocycles. The second-order valence-electron chi connectivity index (χ2n) is 6.30. The zero-order chi connectivity index (χ0) is 16.5. The predicted octanol–water partition coefficient (Wildman–Crippen LogP) is 3.84. The van der Waals surface area contributed by atoms with Crippen LogP contribution in [-0.4, -0.2) is 29.6 Å². The summed E-state index contributed by atoms with van der Waals surface area (Å²) in [6.07, 6.45) is 7.53. The van der Waals surface area contributed by atoms with Gasteiger partial charge in [-0.05, 0) is 45.1 Å². The number of carbonyl (C=O) groups is 2. The molecule has 0 spiro atoms. The van der Waals surface area contributed by atoms with Gasteiger partial charge in [-0.25, -0.2) is 0 Å². The third-order valence-electron chi connectivity index (χ3n) is 3.90. The van der Waals surface area contributed by atoms with E-state index in [0.29, 0.717) is 12.3 Å². The Kier molecular flexibility index (Phi) is 9.18. The zero-order valence-corrected chi connectivity index (χ0v) is 14.0. The molecule has 21 heavy (non-hydrogen) atoms. The highest BCUT2D eigenvalue weighted by Gasteiger charge is 2.21. The number of carboxylic acids is 1. The summed E-state index contributed by atoms with van der Waals surface area (Å²) >= 11 is 0. The van der Waals surface area contributed by atoms with Gasteiger partial charge in [-0.15, -0.1) is 0 Å². The van der Waals surface area contributed by atoms with Crippen molar-refractivity contribution < 1.29 is 19.4 Å². The van der Waals surface area contributed by atoms with Crippen molar-refractivity contribution in [3.05, 3.63) is 12.2 Å². The molecule has 0 saturated carbocycles. The van der Waals surface area contributed by atoms with Crippen LogP contribution >= 0.6 is 0 Å². The summed E-state index contributed by atoms with van der Waals surface area (Å²) in [4.78, 5) is 22.6. The first-order valence-corrected chi connectivity index (χ1v) is 7.71. The fourth-order valence-corrected chi connectivity index (χ4v) is 2.13. The van der Waals surface area contributed by atoms with Gasteiger partial charge >= 0.3 is 5.97 Å². The molecule has 2 unspecified atom stereocenters. The number of hydrogen-bond acceptors (Lipinski definition) is 3. The number of ketones is 1. The molecule has 0 saturated heterocycles. The molecule has 0 amide bonds. The van der Waals surface area contributed by atoms with Crippen molar-refractivity contribution in [3.8, 4) is 0 Å². The maximum atomic E-state index is 11.7. The molecule has 4 heteroatoms. The fourth-order valence-electron chi connectivity index (χ4n) is 2.13. The standard InChI is InChI=1S/C17H30O4/c1-6-14(16(19)20)15(18)11-7-9-13(2)10-8-12-17(3,4)21-5/h7,11,13-14H,6,8-10,12H2,1-5H3,(H,19,20). The van der Waals surface area contributed by atoms with Crippen molar-refractivity contribution in [2.75, 3.05) is 7.11 Å². The number of hydrogen-bond donors (Lipinski definition) is 1. The molecule has 0 heterocycles. The lowest BCUT2D eigenvalue weighted by Gasteiger charge is -2.23. The summed E-state index contributed by atoms with van der Waals surface area (Å²) in [6.45, 7) is 8.01. The normalized spacial score (nSPS) is 15.1. The van der Waals surface area contributed by atoms with Gasteiger partial charge in [0.05, 0.1) is 5.60 Å². The molecular weight excluding hydrogens is 268 g/mol. The SMILES string of the molecule is CCC(C(=O)O)C(=O)C=CCC(C)CCCC(C)(C)OC. The smallest absolute Gasteiger partial charge is 0.314 e. The number of carboxylic acid groups (broad SMARTS) is 1. The first-order valence-electron chi connectivity index (χ1n) is 7.71. The maximum Gasteiger partial charge on any atom is 0.314 e. The minimum atomic E-state index is -1.04. The zero-order valence-electron chi connectivity index (χ0n) is 14.0. The van der Waals surface area contributed by atoms with E-state index < -0.39 is 11.9 Å². The number of allylic oxidation sites excluding steroid dienone is 2. The highest BCUT2D eigenvalue weighted by Crippen LogP contribution is 2.20. The summed E-state index contributed by atoms with van der Waals surface area (Å²) in [5.41, 5.74) is -0.0820. The van der Waals surface area contributed by atoms with Gasteiger partial charge in [0.2, 0.25) is 0 Å². The maximum absolute atomic E-state index is 11.7. The van der Waals surface area contributed by atoms with Gasteiger partial charge in [0.25, 0.3) is 0 Å². The number of rotatable bonds is 11. The molecule has 122 valence electrons. The summed E-state index contributed by atoms with van der Waals surface area (Å²) < 4.78 is 5.38. The van der Waals surface area contributed by atoms with E-state index in [0.717, 1.165) is 25.7 Å². The molecule has 0 aromatic rings. The van der Waals surface area contributed by atoms with Crippen molar-refractivity contribution in [3.63, 3.8) is 0 Å². The van der Waals surface area contributed by atoms with E-state index >= 15 is 0 Å². The van der Waals surface area contributed by atoms with Crippen molar-refractivity contribution in [2.24, 2.45) is 11.8 Å². The van der Waals surface area contributed by atoms with Crippen LogP contribution in [0.3, 0.4) is 0 Å². The van der Waals surface area contributed by atoms with Gasteiger partial charge in [0, 0.05) is 7.11 Å². The molecule has 0 radical (unpaired) electrons. The van der Waals surface area contributed by atoms with Crippen LogP contribution in [0, 0.1) is 11.8 Å². The molecule has 0 aliphatic rings. The van der Waals surface area contributed by atoms with E-state index in [1.807, 2.05) is 0 Å². The average Bonchev–Trinajstić information content (AvgIpc) is 2.38. The van der Waals surface area contributed by atoms with Crippen molar-refractivity contribution in [1.82, 2.24) is 0 Å². The summed E-state index contributed by atoms with van der Waals surface area (Å²) in [5, 5.41) is 8.90. The number of methoxy groups -OCH3 is 1. The van der Waals surface area contributed by atoms with Crippen LogP contribution in [0.2, 0.25) is 0 Å². The first-order chi connectivity index (χ1) is 9.73. The Morgan fingerprint density at radius 2 is 1.95 bits per heavy atom. The van der Waals surface area contributed by atoms with E-state index in [1.54, 1.807) is 20.1 Å². The quantitative estimate of drug-likeness (QED) is 0.465. The van der Waals surface area contributed by atoms with Gasteiger partial charge < -0.3 is 9.84 Å². The lowest BCUT2D eigenvalue weighted by molar-refractivity contribution is -0.145.